The molecule has 1 N–H and O–H groups in total. The van der Waals surface area contributed by atoms with Gasteiger partial charge in [0.25, 0.3) is 0 Å². The highest BCUT2D eigenvalue weighted by molar-refractivity contribution is 6.30. The Morgan fingerprint density at radius 3 is 2.88 bits per heavy atom. The maximum Gasteiger partial charge on any atom is 0.166 e. The molecule has 0 amide bonds. The fourth-order valence-electron chi connectivity index (χ4n) is 1.71. The number of halogens is 1. The predicted octanol–water partition coefficient (Wildman–Crippen LogP) is 2.69. The van der Waals surface area contributed by atoms with Crippen molar-refractivity contribution in [3.05, 3.63) is 58.9 Å². The second-order valence-corrected chi connectivity index (χ2v) is 4.21. The van der Waals surface area contributed by atoms with Crippen LogP contribution in [0.5, 0.6) is 0 Å². The first-order chi connectivity index (χ1) is 8.20. The van der Waals surface area contributed by atoms with E-state index in [-0.39, 0.29) is 0 Å². The molecule has 1 aromatic heterocycles. The minimum atomic E-state index is -0.681. The van der Waals surface area contributed by atoms with Crippen LogP contribution in [-0.4, -0.2) is 16.0 Å². The molecule has 0 aliphatic carbocycles. The number of carbonyl (C=O) groups is 1. The largest absolute Gasteiger partial charge is 0.387 e. The number of aliphatic hydroxyl groups is 1. The van der Waals surface area contributed by atoms with Crippen molar-refractivity contribution in [3.63, 3.8) is 0 Å². The number of rotatable bonds is 4. The molecule has 0 bridgehead atoms. The molecule has 0 radical (unpaired) electrons. The lowest BCUT2D eigenvalue weighted by Crippen LogP contribution is -2.10. The monoisotopic (exact) mass is 249 g/mol. The van der Waals surface area contributed by atoms with Gasteiger partial charge in [-0.15, -0.1) is 0 Å². The van der Waals surface area contributed by atoms with E-state index in [1.807, 2.05) is 0 Å². The molecule has 0 aliphatic heterocycles. The van der Waals surface area contributed by atoms with Crippen LogP contribution >= 0.6 is 11.6 Å². The number of hydrogen-bond donors (Lipinski definition) is 1. The van der Waals surface area contributed by atoms with Crippen LogP contribution in [-0.2, 0) is 6.54 Å². The van der Waals surface area contributed by atoms with Crippen LogP contribution in [0.1, 0.15) is 22.2 Å². The predicted molar refractivity (Wildman–Crippen MR) is 66.2 cm³/mol. The van der Waals surface area contributed by atoms with Gasteiger partial charge in [0.15, 0.2) is 6.29 Å². The highest BCUT2D eigenvalue weighted by atomic mass is 35.5. The molecule has 3 nitrogen and oxygen atoms in total. The van der Waals surface area contributed by atoms with Crippen LogP contribution in [0.15, 0.2) is 42.6 Å². The van der Waals surface area contributed by atoms with Gasteiger partial charge in [0.2, 0.25) is 0 Å². The molecule has 4 heteroatoms. The Balaban J connectivity index is 2.17. The van der Waals surface area contributed by atoms with Crippen molar-refractivity contribution in [2.75, 3.05) is 0 Å². The molecule has 2 aromatic rings. The molecule has 1 unspecified atom stereocenters. The van der Waals surface area contributed by atoms with Gasteiger partial charge in [-0.25, -0.2) is 0 Å². The Kier molecular flexibility index (Phi) is 3.61. The standard InChI is InChI=1S/C13H12ClNO2/c14-11-4-1-3-10(7-11)13(17)8-15-6-2-5-12(15)9-16/h1-7,9,13,17H,8H2. The first kappa shape index (κ1) is 11.9. The summed E-state index contributed by atoms with van der Waals surface area (Å²) in [5.41, 5.74) is 1.29. The zero-order valence-corrected chi connectivity index (χ0v) is 9.84. The Labute approximate surface area is 104 Å². The number of nitrogens with zero attached hydrogens (tertiary/aromatic N) is 1. The Morgan fingerprint density at radius 1 is 1.35 bits per heavy atom. The number of aromatic nitrogens is 1. The van der Waals surface area contributed by atoms with Crippen LogP contribution in [0.25, 0.3) is 0 Å². The quantitative estimate of drug-likeness (QED) is 0.847. The van der Waals surface area contributed by atoms with Crippen LogP contribution in [0.3, 0.4) is 0 Å². The van der Waals surface area contributed by atoms with Crippen LogP contribution in [0.4, 0.5) is 0 Å². The topological polar surface area (TPSA) is 42.2 Å². The van der Waals surface area contributed by atoms with Gasteiger partial charge in [0.1, 0.15) is 0 Å². The normalized spacial score (nSPS) is 12.4. The van der Waals surface area contributed by atoms with Crippen LogP contribution in [0, 0.1) is 0 Å². The van der Waals surface area contributed by atoms with Crippen molar-refractivity contribution in [2.45, 2.75) is 12.6 Å². The fourth-order valence-corrected chi connectivity index (χ4v) is 1.90. The molecule has 1 aromatic carbocycles. The van der Waals surface area contributed by atoms with Crippen molar-refractivity contribution in [1.82, 2.24) is 4.57 Å². The molecule has 0 saturated heterocycles. The third-order valence-corrected chi connectivity index (χ3v) is 2.82. The molecule has 88 valence electrons. The summed E-state index contributed by atoms with van der Waals surface area (Å²) < 4.78 is 1.71. The Bertz CT molecular complexity index is 522. The Hall–Kier alpha value is -1.58. The van der Waals surface area contributed by atoms with Gasteiger partial charge in [-0.3, -0.25) is 4.79 Å². The number of benzene rings is 1. The summed E-state index contributed by atoms with van der Waals surface area (Å²) in [5, 5.41) is 10.6. The van der Waals surface area contributed by atoms with E-state index in [0.29, 0.717) is 17.3 Å². The highest BCUT2D eigenvalue weighted by Gasteiger charge is 2.10. The van der Waals surface area contributed by atoms with Crippen molar-refractivity contribution in [3.8, 4) is 0 Å². The average molecular weight is 250 g/mol. The molecule has 1 atom stereocenters. The molecule has 0 saturated carbocycles. The van der Waals surface area contributed by atoms with Crippen molar-refractivity contribution >= 4 is 17.9 Å². The van der Waals surface area contributed by atoms with E-state index in [9.17, 15) is 9.90 Å². The zero-order chi connectivity index (χ0) is 12.3. The summed E-state index contributed by atoms with van der Waals surface area (Å²) in [4.78, 5) is 10.7. The first-order valence-electron chi connectivity index (χ1n) is 5.24. The van der Waals surface area contributed by atoms with Crippen molar-refractivity contribution < 1.29 is 9.90 Å². The maximum atomic E-state index is 10.7. The summed E-state index contributed by atoms with van der Waals surface area (Å²) >= 11 is 5.86. The molecule has 0 fully saturated rings. The summed E-state index contributed by atoms with van der Waals surface area (Å²) in [5.74, 6) is 0. The maximum absolute atomic E-state index is 10.7. The summed E-state index contributed by atoms with van der Waals surface area (Å²) in [7, 11) is 0. The van der Waals surface area contributed by atoms with E-state index >= 15 is 0 Å². The van der Waals surface area contributed by atoms with E-state index in [1.54, 1.807) is 47.2 Å². The minimum Gasteiger partial charge on any atom is -0.387 e. The number of carbonyl (C=O) groups excluding carboxylic acids is 1. The molecular weight excluding hydrogens is 238 g/mol. The highest BCUT2D eigenvalue weighted by Crippen LogP contribution is 2.19. The lowest BCUT2D eigenvalue weighted by Gasteiger charge is -2.13. The second kappa shape index (κ2) is 5.17. The summed E-state index contributed by atoms with van der Waals surface area (Å²) in [6.45, 7) is 0.335. The third-order valence-electron chi connectivity index (χ3n) is 2.59. The van der Waals surface area contributed by atoms with E-state index < -0.39 is 6.10 Å². The zero-order valence-electron chi connectivity index (χ0n) is 9.08. The van der Waals surface area contributed by atoms with Crippen molar-refractivity contribution in [2.24, 2.45) is 0 Å². The molecule has 17 heavy (non-hydrogen) atoms. The van der Waals surface area contributed by atoms with Gasteiger partial charge in [-0.05, 0) is 29.8 Å². The van der Waals surface area contributed by atoms with Crippen molar-refractivity contribution in [1.29, 1.82) is 0 Å². The van der Waals surface area contributed by atoms with E-state index in [0.717, 1.165) is 11.8 Å². The van der Waals surface area contributed by atoms with Gasteiger partial charge < -0.3 is 9.67 Å². The smallest absolute Gasteiger partial charge is 0.166 e. The lowest BCUT2D eigenvalue weighted by atomic mass is 10.1. The number of hydrogen-bond acceptors (Lipinski definition) is 2. The lowest BCUT2D eigenvalue weighted by molar-refractivity contribution is 0.110. The number of aliphatic hydroxyl groups excluding tert-OH is 1. The fraction of sp³-hybridized carbons (Fsp3) is 0.154. The third kappa shape index (κ3) is 2.75. The van der Waals surface area contributed by atoms with Crippen LogP contribution < -0.4 is 0 Å². The molecular formula is C13H12ClNO2. The molecule has 0 spiro atoms. The molecule has 0 aliphatic rings. The molecule has 2 rings (SSSR count). The van der Waals surface area contributed by atoms with Crippen LogP contribution in [0.2, 0.25) is 5.02 Å². The van der Waals surface area contributed by atoms with Gasteiger partial charge in [0.05, 0.1) is 18.3 Å². The van der Waals surface area contributed by atoms with Gasteiger partial charge >= 0.3 is 0 Å². The second-order valence-electron chi connectivity index (χ2n) is 3.77. The van der Waals surface area contributed by atoms with E-state index in [4.69, 9.17) is 11.6 Å². The Morgan fingerprint density at radius 2 is 2.18 bits per heavy atom. The average Bonchev–Trinajstić information content (AvgIpc) is 2.76. The SMILES string of the molecule is O=Cc1cccn1CC(O)c1cccc(Cl)c1. The summed E-state index contributed by atoms with van der Waals surface area (Å²) in [6.07, 6.45) is 1.85. The first-order valence-corrected chi connectivity index (χ1v) is 5.62. The minimum absolute atomic E-state index is 0.335. The molecule has 1 heterocycles. The van der Waals surface area contributed by atoms with Gasteiger partial charge in [0, 0.05) is 11.2 Å². The van der Waals surface area contributed by atoms with Gasteiger partial charge in [-0.1, -0.05) is 23.7 Å². The number of aldehydes is 1. The summed E-state index contributed by atoms with van der Waals surface area (Å²) in [6, 6.07) is 10.5. The van der Waals surface area contributed by atoms with E-state index in [1.165, 1.54) is 0 Å². The van der Waals surface area contributed by atoms with Gasteiger partial charge in [-0.2, -0.15) is 0 Å². The van der Waals surface area contributed by atoms with E-state index in [2.05, 4.69) is 0 Å².